The van der Waals surface area contributed by atoms with Gasteiger partial charge in [-0.3, -0.25) is 4.90 Å². The molecule has 0 spiro atoms. The molecule has 1 aromatic carbocycles. The van der Waals surface area contributed by atoms with Gasteiger partial charge in [0.1, 0.15) is 6.10 Å². The molecule has 1 atom stereocenters. The minimum absolute atomic E-state index is 0.237. The van der Waals surface area contributed by atoms with Crippen LogP contribution in [0.1, 0.15) is 18.4 Å². The van der Waals surface area contributed by atoms with Gasteiger partial charge in [0.25, 0.3) is 0 Å². The number of carbonyl (C=O) groups is 1. The molecule has 2 fully saturated rings. The minimum atomic E-state index is -0.351. The summed E-state index contributed by atoms with van der Waals surface area (Å²) < 4.78 is 5.41. The van der Waals surface area contributed by atoms with Crippen LogP contribution in [0, 0.1) is 11.3 Å². The minimum Gasteiger partial charge on any atom is -0.442 e. The molecule has 1 aliphatic heterocycles. The van der Waals surface area contributed by atoms with Crippen molar-refractivity contribution >= 4 is 11.8 Å². The average Bonchev–Trinajstić information content (AvgIpc) is 3.32. The molecule has 0 aromatic heterocycles. The van der Waals surface area contributed by atoms with Crippen LogP contribution in [-0.2, 0) is 10.2 Å². The fourth-order valence-electron chi connectivity index (χ4n) is 3.12. The smallest absolute Gasteiger partial charge is 0.414 e. The summed E-state index contributed by atoms with van der Waals surface area (Å²) in [5.74, 6) is 0. The van der Waals surface area contributed by atoms with Crippen molar-refractivity contribution in [3.05, 3.63) is 41.7 Å². The molecule has 7 heteroatoms. The molecule has 0 bridgehead atoms. The van der Waals surface area contributed by atoms with Crippen molar-refractivity contribution in [3.8, 4) is 6.07 Å². The predicted octanol–water partition coefficient (Wildman–Crippen LogP) is 1.52. The summed E-state index contributed by atoms with van der Waals surface area (Å²) >= 11 is 0. The van der Waals surface area contributed by atoms with E-state index in [2.05, 4.69) is 11.4 Å². The summed E-state index contributed by atoms with van der Waals surface area (Å²) in [4.78, 5) is 15.8. The average molecular weight is 355 g/mol. The number of hydrogen-bond donors (Lipinski definition) is 2. The molecular formula is C19H25N5O2. The topological polar surface area (TPSA) is 94.6 Å². The van der Waals surface area contributed by atoms with Crippen molar-refractivity contribution in [1.29, 1.82) is 5.26 Å². The Bertz CT molecular complexity index is 731. The van der Waals surface area contributed by atoms with Crippen LogP contribution in [0.2, 0.25) is 0 Å². The van der Waals surface area contributed by atoms with Gasteiger partial charge < -0.3 is 20.7 Å². The Labute approximate surface area is 154 Å². The number of amides is 1. The zero-order chi connectivity index (χ0) is 18.7. The van der Waals surface area contributed by atoms with Gasteiger partial charge in [0.2, 0.25) is 0 Å². The first kappa shape index (κ1) is 18.1. The summed E-state index contributed by atoms with van der Waals surface area (Å²) in [6, 6.07) is 10.0. The molecule has 2 aliphatic rings. The zero-order valence-electron chi connectivity index (χ0n) is 15.2. The third kappa shape index (κ3) is 3.92. The molecule has 1 saturated heterocycles. The van der Waals surface area contributed by atoms with Crippen LogP contribution >= 0.6 is 0 Å². The zero-order valence-corrected chi connectivity index (χ0v) is 15.2. The summed E-state index contributed by atoms with van der Waals surface area (Å²) in [7, 11) is 3.90. The van der Waals surface area contributed by atoms with Crippen LogP contribution in [0.4, 0.5) is 10.5 Å². The van der Waals surface area contributed by atoms with E-state index in [9.17, 15) is 10.1 Å². The second kappa shape index (κ2) is 7.26. The summed E-state index contributed by atoms with van der Waals surface area (Å²) in [5.41, 5.74) is 8.11. The van der Waals surface area contributed by atoms with E-state index in [-0.39, 0.29) is 17.6 Å². The van der Waals surface area contributed by atoms with E-state index in [1.165, 1.54) is 0 Å². The maximum Gasteiger partial charge on any atom is 0.414 e. The van der Waals surface area contributed by atoms with Crippen molar-refractivity contribution in [2.75, 3.05) is 38.6 Å². The number of rotatable bonds is 7. The highest BCUT2D eigenvalue weighted by Crippen LogP contribution is 2.47. The lowest BCUT2D eigenvalue weighted by Gasteiger charge is -2.15. The van der Waals surface area contributed by atoms with Crippen LogP contribution in [0.25, 0.3) is 0 Å². The molecule has 1 saturated carbocycles. The number of nitriles is 1. The van der Waals surface area contributed by atoms with Gasteiger partial charge in [0.15, 0.2) is 0 Å². The van der Waals surface area contributed by atoms with Gasteiger partial charge in [-0.05, 0) is 44.6 Å². The van der Waals surface area contributed by atoms with Crippen LogP contribution in [-0.4, -0.2) is 50.8 Å². The Kier molecular flexibility index (Phi) is 5.05. The van der Waals surface area contributed by atoms with E-state index in [1.807, 2.05) is 43.3 Å². The predicted molar refractivity (Wildman–Crippen MR) is 99.4 cm³/mol. The van der Waals surface area contributed by atoms with Gasteiger partial charge in [-0.15, -0.1) is 0 Å². The third-order valence-corrected chi connectivity index (χ3v) is 4.70. The first-order valence-electron chi connectivity index (χ1n) is 8.76. The fourth-order valence-corrected chi connectivity index (χ4v) is 3.12. The fraction of sp³-hybridized carbons (Fsp3) is 0.474. The molecule has 7 nitrogen and oxygen atoms in total. The Morgan fingerprint density at radius 3 is 2.73 bits per heavy atom. The largest absolute Gasteiger partial charge is 0.442 e. The molecule has 1 unspecified atom stereocenters. The monoisotopic (exact) mass is 355 g/mol. The number of nitrogens with zero attached hydrogens (tertiary/aromatic N) is 3. The molecule has 3 rings (SSSR count). The maximum absolute atomic E-state index is 12.2. The lowest BCUT2D eigenvalue weighted by atomic mass is 9.97. The van der Waals surface area contributed by atoms with Gasteiger partial charge in [0.05, 0.1) is 24.6 Å². The lowest BCUT2D eigenvalue weighted by Crippen LogP contribution is -2.30. The summed E-state index contributed by atoms with van der Waals surface area (Å²) in [6.45, 7) is 1.65. The maximum atomic E-state index is 12.2. The first-order chi connectivity index (χ1) is 12.4. The number of benzene rings is 1. The Hall–Kier alpha value is -2.72. The Balaban J connectivity index is 1.56. The van der Waals surface area contributed by atoms with Crippen LogP contribution in [0.15, 0.2) is 36.2 Å². The van der Waals surface area contributed by atoms with Gasteiger partial charge >= 0.3 is 6.09 Å². The molecule has 1 aliphatic carbocycles. The van der Waals surface area contributed by atoms with Crippen molar-refractivity contribution in [2.24, 2.45) is 5.73 Å². The van der Waals surface area contributed by atoms with E-state index in [0.717, 1.165) is 29.8 Å². The highest BCUT2D eigenvalue weighted by Gasteiger charge is 2.44. The molecular weight excluding hydrogens is 330 g/mol. The van der Waals surface area contributed by atoms with E-state index in [0.29, 0.717) is 19.6 Å². The van der Waals surface area contributed by atoms with E-state index in [1.54, 1.807) is 11.1 Å². The number of likely N-dealkylation sites (N-methyl/N-ethyl adjacent to an activating group) is 1. The van der Waals surface area contributed by atoms with Gasteiger partial charge in [-0.25, -0.2) is 4.79 Å². The second-order valence-corrected chi connectivity index (χ2v) is 7.22. The van der Waals surface area contributed by atoms with Crippen molar-refractivity contribution in [2.45, 2.75) is 24.4 Å². The number of hydrogen-bond acceptors (Lipinski definition) is 6. The molecule has 3 N–H and O–H groups in total. The number of anilines is 1. The van der Waals surface area contributed by atoms with Crippen LogP contribution in [0.5, 0.6) is 0 Å². The Morgan fingerprint density at radius 2 is 2.15 bits per heavy atom. The van der Waals surface area contributed by atoms with Gasteiger partial charge in [-0.1, -0.05) is 12.1 Å². The summed E-state index contributed by atoms with van der Waals surface area (Å²) in [6.07, 6.45) is 2.98. The molecule has 1 heterocycles. The standard InChI is InChI=1S/C19H25N5O2/c1-23(2)11-15(21)9-22-10-17-12-24(18(25)26-17)16-5-3-14(4-6-16)19(13-20)7-8-19/h3-6,9,17,22H,7-8,10-12,21H2,1-2H3/b15-9-. The SMILES string of the molecule is CN(C)C/C(N)=C/NCC1CN(c2ccc(C3(C#N)CC3)cc2)C(=O)O1. The summed E-state index contributed by atoms with van der Waals surface area (Å²) in [5, 5.41) is 12.4. The molecule has 26 heavy (non-hydrogen) atoms. The van der Waals surface area contributed by atoms with E-state index < -0.39 is 0 Å². The van der Waals surface area contributed by atoms with Crippen LogP contribution < -0.4 is 16.0 Å². The second-order valence-electron chi connectivity index (χ2n) is 7.22. The van der Waals surface area contributed by atoms with Crippen molar-refractivity contribution < 1.29 is 9.53 Å². The number of ether oxygens (including phenoxy) is 1. The number of nitrogens with one attached hydrogen (secondary N) is 1. The van der Waals surface area contributed by atoms with Crippen LogP contribution in [0.3, 0.4) is 0 Å². The lowest BCUT2D eigenvalue weighted by molar-refractivity contribution is 0.142. The quantitative estimate of drug-likeness (QED) is 0.770. The highest BCUT2D eigenvalue weighted by molar-refractivity contribution is 5.89. The van der Waals surface area contributed by atoms with E-state index in [4.69, 9.17) is 10.5 Å². The first-order valence-corrected chi connectivity index (χ1v) is 8.76. The molecule has 0 radical (unpaired) electrons. The molecule has 1 amide bonds. The molecule has 138 valence electrons. The van der Waals surface area contributed by atoms with E-state index >= 15 is 0 Å². The molecule has 1 aromatic rings. The van der Waals surface area contributed by atoms with Gasteiger partial charge in [0, 0.05) is 24.1 Å². The number of carbonyl (C=O) groups excluding carboxylic acids is 1. The Morgan fingerprint density at radius 1 is 1.46 bits per heavy atom. The van der Waals surface area contributed by atoms with Crippen molar-refractivity contribution in [3.63, 3.8) is 0 Å². The highest BCUT2D eigenvalue weighted by atomic mass is 16.6. The normalized spacial score (nSPS) is 21.5. The number of cyclic esters (lactones) is 1. The van der Waals surface area contributed by atoms with Crippen molar-refractivity contribution in [1.82, 2.24) is 10.2 Å². The number of nitrogens with two attached hydrogens (primary N) is 1. The van der Waals surface area contributed by atoms with Gasteiger partial charge in [-0.2, -0.15) is 5.26 Å². The third-order valence-electron chi connectivity index (χ3n) is 4.70.